The maximum Gasteiger partial charge on any atom is 1.00 e. The molecular weight excluding hydrogens is 375 g/mol. The van der Waals surface area contributed by atoms with Gasteiger partial charge in [0, 0.05) is 11.1 Å². The summed E-state index contributed by atoms with van der Waals surface area (Å²) in [6.07, 6.45) is 0. The number of benzene rings is 2. The van der Waals surface area contributed by atoms with E-state index in [1.54, 1.807) is 36.4 Å². The van der Waals surface area contributed by atoms with E-state index in [1.807, 2.05) is 25.1 Å². The Hall–Kier alpha value is -1.57. The third-order valence-corrected chi connectivity index (χ3v) is 5.15. The molecule has 1 aromatic heterocycles. The van der Waals surface area contributed by atoms with Gasteiger partial charge in [-0.1, -0.05) is 48.0 Å². The second-order valence-corrected chi connectivity index (χ2v) is 7.24. The van der Waals surface area contributed by atoms with Crippen LogP contribution in [-0.4, -0.2) is 11.7 Å². The van der Waals surface area contributed by atoms with Crippen molar-refractivity contribution in [2.45, 2.75) is 11.1 Å². The fourth-order valence-corrected chi connectivity index (χ4v) is 3.73. The number of thiol groups is 1. The van der Waals surface area contributed by atoms with Gasteiger partial charge in [0.1, 0.15) is 0 Å². The van der Waals surface area contributed by atoms with E-state index < -0.39 is 5.90 Å². The summed E-state index contributed by atoms with van der Waals surface area (Å²) >= 11 is 5.42. The third-order valence-electron chi connectivity index (χ3n) is 3.65. The molecule has 7 heteroatoms. The molecule has 0 amide bonds. The number of nitrogens with two attached hydrogens (primary N) is 1. The Bertz CT molecular complexity index is 952. The summed E-state index contributed by atoms with van der Waals surface area (Å²) < 4.78 is 0.387. The number of nitrogen functional groups attached to an aromatic ring is 1. The Morgan fingerprint density at radius 3 is 2.35 bits per heavy atom. The summed E-state index contributed by atoms with van der Waals surface area (Å²) in [7, 11) is 0. The molecule has 0 atom stereocenters. The molecule has 0 saturated carbocycles. The van der Waals surface area contributed by atoms with Gasteiger partial charge in [-0.25, -0.2) is 0 Å². The molecule has 3 rings (SSSR count). The van der Waals surface area contributed by atoms with Crippen molar-refractivity contribution in [3.63, 3.8) is 0 Å². The van der Waals surface area contributed by atoms with E-state index in [0.717, 1.165) is 16.9 Å². The maximum atomic E-state index is 12.6. The van der Waals surface area contributed by atoms with E-state index in [9.17, 15) is 9.90 Å². The van der Waals surface area contributed by atoms with Gasteiger partial charge >= 0.3 is 29.6 Å². The van der Waals surface area contributed by atoms with Gasteiger partial charge in [0.15, 0.2) is 0 Å². The molecule has 3 aromatic rings. The minimum atomic E-state index is -0.505. The van der Waals surface area contributed by atoms with Crippen LogP contribution in [0.1, 0.15) is 26.4 Å². The minimum absolute atomic E-state index is 0. The Labute approximate surface area is 183 Å². The topological polar surface area (TPSA) is 78.5 Å². The molecule has 0 bridgehead atoms. The van der Waals surface area contributed by atoms with E-state index in [0.29, 0.717) is 20.3 Å². The molecule has 0 fully saturated rings. The first-order valence-corrected chi connectivity index (χ1v) is 8.77. The largest absolute Gasteiger partial charge is 1.00 e. The Kier molecular flexibility index (Phi) is 7.08. The van der Waals surface area contributed by atoms with Gasteiger partial charge in [0.2, 0.25) is 5.78 Å². The molecule has 1 heterocycles. The summed E-state index contributed by atoms with van der Waals surface area (Å²) in [5, 5.41) is 12.5. The predicted octanol–water partition coefficient (Wildman–Crippen LogP) is 0.601. The van der Waals surface area contributed by atoms with Gasteiger partial charge in [0.05, 0.1) is 20.5 Å². The zero-order chi connectivity index (χ0) is 18.0. The molecule has 0 radical (unpaired) electrons. The number of carbonyl (C=O) groups is 1. The molecule has 2 N–H and O–H groups in total. The van der Waals surface area contributed by atoms with E-state index in [-0.39, 0.29) is 46.6 Å². The summed E-state index contributed by atoms with van der Waals surface area (Å²) in [6.45, 7) is 1.95. The zero-order valence-electron chi connectivity index (χ0n) is 14.4. The van der Waals surface area contributed by atoms with Gasteiger partial charge in [-0.15, -0.1) is 24.0 Å². The average Bonchev–Trinajstić information content (AvgIpc) is 2.91. The molecule has 0 saturated heterocycles. The standard InChI is InChI=1S/C19H16N2O2S2.Na/c1-11-7-9-13(10-8-11)21-18(23)14-15(20)17(25-19(14)24)16(22)12-5-3-2-4-6-12;/h2-10,24H,20H2,1H3,(H,21,23);/q;+1/p-1. The molecule has 0 aliphatic carbocycles. The molecule has 4 nitrogen and oxygen atoms in total. The molecule has 26 heavy (non-hydrogen) atoms. The van der Waals surface area contributed by atoms with Crippen LogP contribution in [0.4, 0.5) is 11.4 Å². The van der Waals surface area contributed by atoms with Crippen LogP contribution in [0, 0.1) is 6.92 Å². The molecule has 126 valence electrons. The third kappa shape index (κ3) is 4.39. The van der Waals surface area contributed by atoms with Gasteiger partial charge in [-0.05, 0) is 25.0 Å². The Morgan fingerprint density at radius 1 is 1.12 bits per heavy atom. The maximum absolute atomic E-state index is 12.6. The van der Waals surface area contributed by atoms with Crippen molar-refractivity contribution in [1.82, 2.24) is 0 Å². The van der Waals surface area contributed by atoms with Crippen LogP contribution < -0.4 is 40.4 Å². The number of hydrogen-bond acceptors (Lipinski definition) is 6. The van der Waals surface area contributed by atoms with Crippen molar-refractivity contribution >= 4 is 47.0 Å². The van der Waals surface area contributed by atoms with Crippen LogP contribution in [-0.2, 0) is 0 Å². The molecule has 0 aliphatic heterocycles. The molecule has 0 aliphatic rings. The number of rotatable bonds is 4. The van der Waals surface area contributed by atoms with Crippen LogP contribution in [0.25, 0.3) is 0 Å². The monoisotopic (exact) mass is 390 g/mol. The second-order valence-electron chi connectivity index (χ2n) is 5.47. The number of thiophene rings is 1. The van der Waals surface area contributed by atoms with E-state index in [2.05, 4.69) is 17.6 Å². The van der Waals surface area contributed by atoms with Gasteiger partial charge in [-0.3, -0.25) is 9.79 Å². The minimum Gasteiger partial charge on any atom is -0.858 e. The quantitative estimate of drug-likeness (QED) is 0.225. The van der Waals surface area contributed by atoms with Crippen molar-refractivity contribution in [2.75, 3.05) is 5.73 Å². The summed E-state index contributed by atoms with van der Waals surface area (Å²) in [4.78, 5) is 17.0. The predicted molar refractivity (Wildman–Crippen MR) is 103 cm³/mol. The van der Waals surface area contributed by atoms with E-state index in [4.69, 9.17) is 5.73 Å². The van der Waals surface area contributed by atoms with Crippen LogP contribution >= 0.6 is 24.0 Å². The van der Waals surface area contributed by atoms with Crippen molar-refractivity contribution in [1.29, 1.82) is 0 Å². The van der Waals surface area contributed by atoms with Crippen LogP contribution in [0.15, 0.2) is 63.8 Å². The van der Waals surface area contributed by atoms with Gasteiger partial charge in [-0.2, -0.15) is 0 Å². The number of hydrogen-bond donors (Lipinski definition) is 2. The summed E-state index contributed by atoms with van der Waals surface area (Å²) in [6, 6.07) is 16.0. The number of anilines is 1. The number of aliphatic imine (C=N–C) groups is 1. The van der Waals surface area contributed by atoms with Crippen molar-refractivity contribution in [3.05, 3.63) is 76.2 Å². The van der Waals surface area contributed by atoms with Crippen molar-refractivity contribution in [2.24, 2.45) is 4.99 Å². The van der Waals surface area contributed by atoms with Crippen molar-refractivity contribution < 1.29 is 39.5 Å². The molecule has 0 spiro atoms. The average molecular weight is 390 g/mol. The van der Waals surface area contributed by atoms with Crippen molar-refractivity contribution in [3.8, 4) is 0 Å². The Balaban J connectivity index is 0.00000243. The first-order chi connectivity index (χ1) is 12.0. The Morgan fingerprint density at radius 2 is 1.73 bits per heavy atom. The van der Waals surface area contributed by atoms with Crippen LogP contribution in [0.5, 0.6) is 0 Å². The first kappa shape index (κ1) is 20.7. The molecule has 0 unspecified atom stereocenters. The summed E-state index contributed by atoms with van der Waals surface area (Å²) in [5.74, 6) is -0.734. The number of ketones is 1. The number of aryl methyl sites for hydroxylation is 1. The number of carbonyl (C=O) groups excluding carboxylic acids is 1. The normalized spacial score (nSPS) is 11.1. The fraction of sp³-hybridized carbons (Fsp3) is 0.0526. The van der Waals surface area contributed by atoms with Crippen LogP contribution in [0.3, 0.4) is 0 Å². The van der Waals surface area contributed by atoms with Crippen LogP contribution in [0.2, 0.25) is 0 Å². The van der Waals surface area contributed by atoms with E-state index in [1.165, 1.54) is 0 Å². The molecular formula is C19H15N2NaO2S2. The number of nitrogens with zero attached hydrogens (tertiary/aromatic N) is 1. The fourth-order valence-electron chi connectivity index (χ4n) is 2.32. The zero-order valence-corrected chi connectivity index (χ0v) is 18.1. The smallest absolute Gasteiger partial charge is 0.858 e. The second kappa shape index (κ2) is 8.88. The van der Waals surface area contributed by atoms with Gasteiger partial charge in [0.25, 0.3) is 0 Å². The van der Waals surface area contributed by atoms with Gasteiger partial charge < -0.3 is 10.8 Å². The first-order valence-electron chi connectivity index (χ1n) is 7.51. The SMILES string of the molecule is Cc1ccc(N=C([O-])c2c(S)sc(C(=O)c3ccccc3)c2N)cc1.[Na+]. The van der Waals surface area contributed by atoms with E-state index >= 15 is 0 Å². The molecule has 2 aromatic carbocycles. The summed E-state index contributed by atoms with van der Waals surface area (Å²) in [5.41, 5.74) is 8.51.